The Morgan fingerprint density at radius 1 is 1.10 bits per heavy atom. The lowest BCUT2D eigenvalue weighted by Crippen LogP contribution is -2.45. The zero-order chi connectivity index (χ0) is 28.8. The Morgan fingerprint density at radius 3 is 2.49 bits per heavy atom. The normalized spacial score (nSPS) is 19.0. The molecule has 9 nitrogen and oxygen atoms in total. The van der Waals surface area contributed by atoms with Crippen molar-refractivity contribution in [2.75, 3.05) is 53.8 Å². The van der Waals surface area contributed by atoms with Gasteiger partial charge >= 0.3 is 0 Å². The number of nitrogens with two attached hydrogens (primary N) is 1. The van der Waals surface area contributed by atoms with Gasteiger partial charge in [0.25, 0.3) is 0 Å². The minimum Gasteiger partial charge on any atom is -0.493 e. The Hall–Kier alpha value is -1.91. The van der Waals surface area contributed by atoms with Crippen molar-refractivity contribution in [1.82, 2.24) is 5.32 Å². The summed E-state index contributed by atoms with van der Waals surface area (Å²) in [5.41, 5.74) is 7.67. The standard InChI is InChI=1S/C30H52N2O7/c1-20(2)23(14-22-8-9-28(36-6)29(15-22)39-11-7-10-35-5)16-26(31)27(33)17-25(21(3)4)30(34)32-18-24-19-37-12-13-38-24/h8-9,15,20-21,23-27,33H,7,10-14,16-19,31H2,1-6H3,(H,32,34). The Balaban J connectivity index is 1.97. The summed E-state index contributed by atoms with van der Waals surface area (Å²) in [6.07, 6.45) is 1.64. The number of benzene rings is 1. The first-order valence-electron chi connectivity index (χ1n) is 14.4. The van der Waals surface area contributed by atoms with E-state index >= 15 is 0 Å². The first-order valence-corrected chi connectivity index (χ1v) is 14.4. The molecule has 39 heavy (non-hydrogen) atoms. The van der Waals surface area contributed by atoms with Crippen molar-refractivity contribution in [2.24, 2.45) is 29.4 Å². The first kappa shape index (κ1) is 33.3. The van der Waals surface area contributed by atoms with Gasteiger partial charge in [-0.05, 0) is 54.7 Å². The van der Waals surface area contributed by atoms with Gasteiger partial charge in [-0.3, -0.25) is 4.79 Å². The maximum atomic E-state index is 13.0. The van der Waals surface area contributed by atoms with E-state index in [9.17, 15) is 9.90 Å². The highest BCUT2D eigenvalue weighted by atomic mass is 16.6. The van der Waals surface area contributed by atoms with Gasteiger partial charge in [0.2, 0.25) is 5.91 Å². The summed E-state index contributed by atoms with van der Waals surface area (Å²) < 4.78 is 27.6. The molecular formula is C30H52N2O7. The molecule has 4 N–H and O–H groups in total. The third-order valence-electron chi connectivity index (χ3n) is 7.51. The highest BCUT2D eigenvalue weighted by molar-refractivity contribution is 5.78. The summed E-state index contributed by atoms with van der Waals surface area (Å²) in [6.45, 7) is 11.5. The Labute approximate surface area is 235 Å². The highest BCUT2D eigenvalue weighted by Crippen LogP contribution is 2.31. The maximum Gasteiger partial charge on any atom is 0.223 e. The average Bonchev–Trinajstić information content (AvgIpc) is 2.92. The smallest absolute Gasteiger partial charge is 0.223 e. The zero-order valence-electron chi connectivity index (χ0n) is 24.8. The lowest BCUT2D eigenvalue weighted by Gasteiger charge is -2.30. The van der Waals surface area contributed by atoms with Crippen LogP contribution in [0.15, 0.2) is 18.2 Å². The second kappa shape index (κ2) is 17.7. The second-order valence-corrected chi connectivity index (χ2v) is 11.3. The fourth-order valence-corrected chi connectivity index (χ4v) is 4.86. The Kier molecular flexibility index (Phi) is 15.1. The van der Waals surface area contributed by atoms with E-state index in [1.54, 1.807) is 14.2 Å². The molecule has 0 saturated carbocycles. The summed E-state index contributed by atoms with van der Waals surface area (Å²) in [7, 11) is 3.31. The van der Waals surface area contributed by atoms with Gasteiger partial charge in [0.15, 0.2) is 11.5 Å². The number of hydrogen-bond acceptors (Lipinski definition) is 8. The molecule has 1 aromatic carbocycles. The molecule has 5 atom stereocenters. The fraction of sp³-hybridized carbons (Fsp3) is 0.767. The third kappa shape index (κ3) is 11.6. The molecular weight excluding hydrogens is 500 g/mol. The van der Waals surface area contributed by atoms with E-state index in [-0.39, 0.29) is 29.8 Å². The molecule has 1 fully saturated rings. The van der Waals surface area contributed by atoms with Crippen LogP contribution in [0.2, 0.25) is 0 Å². The molecule has 1 heterocycles. The third-order valence-corrected chi connectivity index (χ3v) is 7.51. The van der Waals surface area contributed by atoms with Crippen molar-refractivity contribution < 1.29 is 33.6 Å². The minimum atomic E-state index is -0.783. The van der Waals surface area contributed by atoms with Gasteiger partial charge in [-0.15, -0.1) is 0 Å². The van der Waals surface area contributed by atoms with Gasteiger partial charge in [-0.25, -0.2) is 0 Å². The number of methoxy groups -OCH3 is 2. The van der Waals surface area contributed by atoms with Crippen LogP contribution in [0.5, 0.6) is 11.5 Å². The number of hydrogen-bond donors (Lipinski definition) is 3. The van der Waals surface area contributed by atoms with Gasteiger partial charge in [0.05, 0.1) is 45.7 Å². The van der Waals surface area contributed by atoms with Crippen molar-refractivity contribution in [2.45, 2.75) is 71.6 Å². The topological polar surface area (TPSA) is 122 Å². The summed E-state index contributed by atoms with van der Waals surface area (Å²) >= 11 is 0. The number of amides is 1. The van der Waals surface area contributed by atoms with Crippen LogP contribution < -0.4 is 20.5 Å². The molecule has 0 radical (unpaired) electrons. The minimum absolute atomic E-state index is 0.0675. The number of nitrogens with one attached hydrogen (secondary N) is 1. The summed E-state index contributed by atoms with van der Waals surface area (Å²) in [4.78, 5) is 13.0. The molecule has 1 aromatic rings. The summed E-state index contributed by atoms with van der Waals surface area (Å²) in [5.74, 6) is 1.67. The van der Waals surface area contributed by atoms with Crippen LogP contribution in [0.1, 0.15) is 52.5 Å². The van der Waals surface area contributed by atoms with Crippen molar-refractivity contribution in [3.05, 3.63) is 23.8 Å². The van der Waals surface area contributed by atoms with E-state index in [2.05, 4.69) is 25.2 Å². The van der Waals surface area contributed by atoms with E-state index in [1.165, 1.54) is 0 Å². The van der Waals surface area contributed by atoms with Crippen molar-refractivity contribution in [1.29, 1.82) is 0 Å². The number of carbonyl (C=O) groups excluding carboxylic acids is 1. The Bertz CT molecular complexity index is 830. The molecule has 1 amide bonds. The summed E-state index contributed by atoms with van der Waals surface area (Å²) in [5, 5.41) is 14.0. The Morgan fingerprint density at radius 2 is 1.87 bits per heavy atom. The van der Waals surface area contributed by atoms with Crippen molar-refractivity contribution in [3.63, 3.8) is 0 Å². The maximum absolute atomic E-state index is 13.0. The SMILES string of the molecule is COCCCOc1cc(CC(CC(N)C(O)CC(C(=O)NCC2COCCO2)C(C)C)C(C)C)ccc1OC. The first-order chi connectivity index (χ1) is 18.7. The molecule has 0 bridgehead atoms. The average molecular weight is 553 g/mol. The van der Waals surface area contributed by atoms with E-state index < -0.39 is 12.1 Å². The van der Waals surface area contributed by atoms with Crippen molar-refractivity contribution >= 4 is 5.91 Å². The number of carbonyl (C=O) groups is 1. The molecule has 1 aliphatic rings. The molecule has 1 saturated heterocycles. The lowest BCUT2D eigenvalue weighted by atomic mass is 9.81. The fourth-order valence-electron chi connectivity index (χ4n) is 4.86. The molecule has 0 aliphatic carbocycles. The molecule has 2 rings (SSSR count). The van der Waals surface area contributed by atoms with Crippen molar-refractivity contribution in [3.8, 4) is 11.5 Å². The predicted molar refractivity (Wildman–Crippen MR) is 152 cm³/mol. The van der Waals surface area contributed by atoms with Gasteiger partial charge in [0, 0.05) is 38.6 Å². The summed E-state index contributed by atoms with van der Waals surface area (Å²) in [6, 6.07) is 5.58. The van der Waals surface area contributed by atoms with E-state index in [0.717, 1.165) is 18.4 Å². The number of aliphatic hydroxyl groups is 1. The van der Waals surface area contributed by atoms with E-state index in [4.69, 9.17) is 29.4 Å². The van der Waals surface area contributed by atoms with Gasteiger partial charge in [0.1, 0.15) is 0 Å². The number of rotatable bonds is 18. The van der Waals surface area contributed by atoms with Gasteiger partial charge in [-0.2, -0.15) is 0 Å². The van der Waals surface area contributed by atoms with Crippen LogP contribution in [-0.2, 0) is 25.4 Å². The monoisotopic (exact) mass is 552 g/mol. The van der Waals surface area contributed by atoms with Crippen LogP contribution in [0.4, 0.5) is 0 Å². The second-order valence-electron chi connectivity index (χ2n) is 11.3. The lowest BCUT2D eigenvalue weighted by molar-refractivity contribution is -0.130. The van der Waals surface area contributed by atoms with Crippen LogP contribution in [0.3, 0.4) is 0 Å². The van der Waals surface area contributed by atoms with Crippen LogP contribution in [0.25, 0.3) is 0 Å². The number of aliphatic hydroxyl groups excluding tert-OH is 1. The molecule has 0 spiro atoms. The molecule has 0 aromatic heterocycles. The van der Waals surface area contributed by atoms with E-state index in [0.29, 0.717) is 69.8 Å². The zero-order valence-corrected chi connectivity index (χ0v) is 24.8. The predicted octanol–water partition coefficient (Wildman–Crippen LogP) is 3.20. The molecule has 1 aliphatic heterocycles. The molecule has 224 valence electrons. The van der Waals surface area contributed by atoms with Gasteiger partial charge in [-0.1, -0.05) is 33.8 Å². The van der Waals surface area contributed by atoms with Crippen LogP contribution >= 0.6 is 0 Å². The van der Waals surface area contributed by atoms with E-state index in [1.807, 2.05) is 26.0 Å². The quantitative estimate of drug-likeness (QED) is 0.238. The van der Waals surface area contributed by atoms with Crippen LogP contribution in [-0.4, -0.2) is 83.1 Å². The number of ether oxygens (including phenoxy) is 5. The van der Waals surface area contributed by atoms with Crippen LogP contribution in [0, 0.1) is 23.7 Å². The molecule has 9 heteroatoms. The van der Waals surface area contributed by atoms with Gasteiger partial charge < -0.3 is 39.8 Å². The molecule has 5 unspecified atom stereocenters. The largest absolute Gasteiger partial charge is 0.493 e. The highest BCUT2D eigenvalue weighted by Gasteiger charge is 2.30.